The molecule has 37 heavy (non-hydrogen) atoms. The van der Waals surface area contributed by atoms with Gasteiger partial charge in [0.15, 0.2) is 0 Å². The van der Waals surface area contributed by atoms with Gasteiger partial charge in [0.05, 0.1) is 43.0 Å². The molecule has 10 radical (unpaired) electrons. The summed E-state index contributed by atoms with van der Waals surface area (Å²) in [6, 6.07) is 3.59. The van der Waals surface area contributed by atoms with Crippen molar-refractivity contribution in [3.63, 3.8) is 0 Å². The molecule has 3 aliphatic rings. The summed E-state index contributed by atoms with van der Waals surface area (Å²) >= 11 is 0. The van der Waals surface area contributed by atoms with Gasteiger partial charge in [-0.05, 0) is 63.4 Å². The van der Waals surface area contributed by atoms with Crippen LogP contribution in [0.3, 0.4) is 0 Å². The molecule has 0 bridgehead atoms. The minimum atomic E-state index is -0.869. The van der Waals surface area contributed by atoms with Crippen molar-refractivity contribution in [2.45, 2.75) is 0 Å². The SMILES string of the molecule is O=[N+]([O-])c1cc2c(c([N+](=O)[O-])c1)-c1c(cc([N+](=O)[O-])cc1[N+](=O)[O-])C2=C[C]1[CH][CH][CH][CH]1.[CH]1[CH][CH][CH][CH]1.[Fe+2]. The molecule has 0 spiro atoms. The molecule has 0 amide bonds. The van der Waals surface area contributed by atoms with Gasteiger partial charge in [0.25, 0.3) is 22.7 Å². The second-order valence-electron chi connectivity index (χ2n) is 7.54. The minimum absolute atomic E-state index is 0. The van der Waals surface area contributed by atoms with Crippen molar-refractivity contribution < 1.29 is 36.8 Å². The first-order valence-electron chi connectivity index (χ1n) is 10.2. The predicted octanol–water partition coefficient (Wildman–Crippen LogP) is 5.16. The van der Waals surface area contributed by atoms with E-state index >= 15 is 0 Å². The summed E-state index contributed by atoms with van der Waals surface area (Å²) in [7, 11) is 0. The Balaban J connectivity index is 0.000000568. The number of non-ortho nitro benzene ring substituents is 2. The molecule has 0 N–H and O–H groups in total. The van der Waals surface area contributed by atoms with Gasteiger partial charge in [0.1, 0.15) is 0 Å². The van der Waals surface area contributed by atoms with E-state index in [0.29, 0.717) is 5.92 Å². The van der Waals surface area contributed by atoms with Crippen molar-refractivity contribution >= 4 is 28.3 Å². The van der Waals surface area contributed by atoms with Gasteiger partial charge in [-0.1, -0.05) is 6.08 Å². The predicted molar refractivity (Wildman–Crippen MR) is 128 cm³/mol. The molecule has 0 aliphatic heterocycles. The number of rotatable bonds is 5. The number of hydrogen-bond acceptors (Lipinski definition) is 8. The number of nitro benzene ring substituents is 4. The number of hydrogen-bond donors (Lipinski definition) is 0. The van der Waals surface area contributed by atoms with Gasteiger partial charge in [0, 0.05) is 29.2 Å². The average molecular weight is 542 g/mol. The van der Waals surface area contributed by atoms with Crippen LogP contribution in [0.15, 0.2) is 30.3 Å². The molecule has 0 saturated heterocycles. The average Bonchev–Trinajstić information content (AvgIpc) is 3.61. The fourth-order valence-electron chi connectivity index (χ4n) is 3.95. The number of nitrogens with zero attached hydrogens (tertiary/aromatic N) is 4. The van der Waals surface area contributed by atoms with Crippen LogP contribution in [0.25, 0.3) is 16.7 Å². The molecule has 0 unspecified atom stereocenters. The van der Waals surface area contributed by atoms with Gasteiger partial charge in [0.2, 0.25) is 0 Å². The van der Waals surface area contributed by atoms with E-state index in [9.17, 15) is 40.5 Å². The molecule has 0 aromatic heterocycles. The van der Waals surface area contributed by atoms with E-state index in [-0.39, 0.29) is 44.9 Å². The van der Waals surface area contributed by atoms with E-state index in [4.69, 9.17) is 0 Å². The zero-order chi connectivity index (χ0) is 26.0. The smallest absolute Gasteiger partial charge is 0.258 e. The van der Waals surface area contributed by atoms with Crippen LogP contribution in [-0.2, 0) is 17.1 Å². The Morgan fingerprint density at radius 3 is 1.24 bits per heavy atom. The van der Waals surface area contributed by atoms with Crippen LogP contribution in [0.2, 0.25) is 0 Å². The van der Waals surface area contributed by atoms with Crippen LogP contribution < -0.4 is 0 Å². The topological polar surface area (TPSA) is 173 Å². The Morgan fingerprint density at radius 2 is 0.919 bits per heavy atom. The normalized spacial score (nSPS) is 15.6. The Labute approximate surface area is 221 Å². The van der Waals surface area contributed by atoms with E-state index in [1.807, 2.05) is 32.1 Å². The maximum absolute atomic E-state index is 11.7. The number of benzene rings is 2. The Morgan fingerprint density at radius 1 is 0.541 bits per heavy atom. The second-order valence-corrected chi connectivity index (χ2v) is 7.54. The molecule has 2 saturated carbocycles. The first-order chi connectivity index (χ1) is 17.2. The van der Waals surface area contributed by atoms with Crippen LogP contribution in [0.5, 0.6) is 0 Å². The fourth-order valence-corrected chi connectivity index (χ4v) is 3.95. The maximum Gasteiger partial charge on any atom is 2.00 e. The molecule has 2 aromatic carbocycles. The van der Waals surface area contributed by atoms with Crippen LogP contribution in [0.4, 0.5) is 22.7 Å². The standard InChI is InChI=1S/C19H9N4O8.C5H5.Fe/c24-20(25)11-6-14-13(5-10-3-1-2-4-10)15-7-12(21(26)27)9-17(23(30)31)19(15)18(14)16(8-11)22(28)29;1-2-4-5-3-1;/h1-9H;1-5H;/q;;+2. The third-order valence-electron chi connectivity index (χ3n) is 5.40. The Kier molecular flexibility index (Phi) is 8.72. The van der Waals surface area contributed by atoms with E-state index < -0.39 is 42.4 Å². The van der Waals surface area contributed by atoms with Crippen molar-refractivity contribution in [3.8, 4) is 11.1 Å². The number of allylic oxidation sites excluding steroid dienone is 1. The summed E-state index contributed by atoms with van der Waals surface area (Å²) in [5.41, 5.74) is -2.74. The third-order valence-corrected chi connectivity index (χ3v) is 5.40. The zero-order valence-corrected chi connectivity index (χ0v) is 19.6. The van der Waals surface area contributed by atoms with Gasteiger partial charge in [-0.2, -0.15) is 0 Å². The monoisotopic (exact) mass is 542 g/mol. The Bertz CT molecular complexity index is 1210. The van der Waals surface area contributed by atoms with Crippen molar-refractivity contribution in [2.75, 3.05) is 0 Å². The summed E-state index contributed by atoms with van der Waals surface area (Å²) in [5, 5.41) is 46.1. The van der Waals surface area contributed by atoms with E-state index in [0.717, 1.165) is 24.3 Å². The fraction of sp³-hybridized carbons (Fsp3) is 0. The molecule has 3 aliphatic carbocycles. The summed E-state index contributed by atoms with van der Waals surface area (Å²) in [5.74, 6) is 0.608. The van der Waals surface area contributed by atoms with Crippen molar-refractivity contribution in [1.29, 1.82) is 0 Å². The molecule has 184 valence electrons. The number of fused-ring (bicyclic) bond motifs is 3. The molecule has 0 atom stereocenters. The largest absolute Gasteiger partial charge is 2.00 e. The van der Waals surface area contributed by atoms with E-state index in [1.165, 1.54) is 6.08 Å². The van der Waals surface area contributed by atoms with Gasteiger partial charge in [-0.3, -0.25) is 40.5 Å². The molecule has 13 heteroatoms. The molecule has 0 heterocycles. The molecule has 2 aromatic rings. The van der Waals surface area contributed by atoms with Gasteiger partial charge >= 0.3 is 17.1 Å². The van der Waals surface area contributed by atoms with Gasteiger partial charge in [-0.25, -0.2) is 0 Å². The summed E-state index contributed by atoms with van der Waals surface area (Å²) in [4.78, 5) is 42.8. The summed E-state index contributed by atoms with van der Waals surface area (Å²) < 4.78 is 0. The van der Waals surface area contributed by atoms with Crippen molar-refractivity contribution in [2.24, 2.45) is 0 Å². The quantitative estimate of drug-likeness (QED) is 0.242. The maximum atomic E-state index is 11.7. The molecule has 12 nitrogen and oxygen atoms in total. The first-order valence-corrected chi connectivity index (χ1v) is 10.2. The zero-order valence-electron chi connectivity index (χ0n) is 18.5. The molecule has 2 fully saturated rings. The summed E-state index contributed by atoms with van der Waals surface area (Å²) in [6.45, 7) is 0. The van der Waals surface area contributed by atoms with Crippen LogP contribution in [0.1, 0.15) is 11.1 Å². The van der Waals surface area contributed by atoms with Crippen LogP contribution >= 0.6 is 0 Å². The van der Waals surface area contributed by atoms with Crippen molar-refractivity contribution in [1.82, 2.24) is 0 Å². The van der Waals surface area contributed by atoms with E-state index in [2.05, 4.69) is 0 Å². The van der Waals surface area contributed by atoms with E-state index in [1.54, 1.807) is 25.7 Å². The van der Waals surface area contributed by atoms with Crippen LogP contribution in [0, 0.1) is 104 Å². The third kappa shape index (κ3) is 5.67. The summed E-state index contributed by atoms with van der Waals surface area (Å²) in [6.07, 6.45) is 18.3. The number of nitro groups is 4. The Hall–Kier alpha value is -3.70. The van der Waals surface area contributed by atoms with Gasteiger partial charge < -0.3 is 0 Å². The molecule has 5 rings (SSSR count). The first kappa shape index (κ1) is 27.9. The molecular weight excluding hydrogens is 528 g/mol. The van der Waals surface area contributed by atoms with Gasteiger partial charge in [-0.15, -0.1) is 0 Å². The minimum Gasteiger partial charge on any atom is -0.258 e. The van der Waals surface area contributed by atoms with Crippen LogP contribution in [-0.4, -0.2) is 19.7 Å². The second kappa shape index (κ2) is 11.6. The van der Waals surface area contributed by atoms with Crippen molar-refractivity contribution in [3.05, 3.63) is 146 Å². The molecular formula is C24H14FeN4O8+2.